The quantitative estimate of drug-likeness (QED) is 0.230. The molecule has 0 bridgehead atoms. The molecule has 0 heterocycles. The molecule has 14 nitrogen and oxygen atoms in total. The maximum absolute atomic E-state index is 11.9. The third-order valence-corrected chi connectivity index (χ3v) is 6.86. The Balaban J connectivity index is 2.35. The number of hydrogen-bond acceptors (Lipinski definition) is 9. The van der Waals surface area contributed by atoms with Gasteiger partial charge in [-0.15, -0.1) is 10.2 Å². The highest BCUT2D eigenvalue weighted by Gasteiger charge is 2.24. The van der Waals surface area contributed by atoms with Gasteiger partial charge in [0.05, 0.1) is 10.6 Å². The van der Waals surface area contributed by atoms with E-state index in [-0.39, 0.29) is 11.4 Å². The van der Waals surface area contributed by atoms with Gasteiger partial charge >= 0.3 is 6.03 Å². The number of nitrogens with zero attached hydrogens (tertiary/aromatic N) is 2. The number of amides is 2. The first-order valence-electron chi connectivity index (χ1n) is 8.69. The Morgan fingerprint density at radius 1 is 0.765 bits per heavy atom. The molecular weight excluding hydrogens is 516 g/mol. The Kier molecular flexibility index (Phi) is 6.44. The maximum atomic E-state index is 11.9. The number of para-hydroxylation sites is 1. The molecule has 0 fully saturated rings. The lowest BCUT2D eigenvalue weighted by Crippen LogP contribution is -2.19. The van der Waals surface area contributed by atoms with E-state index < -0.39 is 67.5 Å². The van der Waals surface area contributed by atoms with E-state index in [4.69, 9.17) is 5.73 Å². The van der Waals surface area contributed by atoms with Gasteiger partial charge in [0.25, 0.3) is 30.4 Å². The molecule has 0 aliphatic rings. The first-order chi connectivity index (χ1) is 15.6. The molecule has 0 unspecified atom stereocenters. The molecule has 0 radical (unpaired) electrons. The number of anilines is 1. The number of nitrogens with one attached hydrogen (secondary N) is 1. The Morgan fingerprint density at radius 3 is 1.91 bits per heavy atom. The van der Waals surface area contributed by atoms with Gasteiger partial charge in [0.2, 0.25) is 0 Å². The minimum atomic E-state index is -5.09. The Hall–Kier alpha value is -3.48. The summed E-state index contributed by atoms with van der Waals surface area (Å²) in [7, 11) is -15.1. The van der Waals surface area contributed by atoms with Crippen LogP contribution in [0.2, 0.25) is 0 Å². The fraction of sp³-hybridized carbons (Fsp3) is 0. The van der Waals surface area contributed by atoms with Crippen LogP contribution in [0.5, 0.6) is 0 Å². The highest BCUT2D eigenvalue weighted by atomic mass is 32.2. The minimum absolute atomic E-state index is 0.000547. The second kappa shape index (κ2) is 8.70. The van der Waals surface area contributed by atoms with Crippen LogP contribution in [0, 0.1) is 0 Å². The van der Waals surface area contributed by atoms with Crippen LogP contribution < -0.4 is 11.1 Å². The molecule has 17 heteroatoms. The van der Waals surface area contributed by atoms with Gasteiger partial charge in [-0.25, -0.2) is 4.79 Å². The fourth-order valence-corrected chi connectivity index (χ4v) is 4.86. The highest BCUT2D eigenvalue weighted by molar-refractivity contribution is 7.87. The van der Waals surface area contributed by atoms with Crippen LogP contribution in [-0.4, -0.2) is 44.9 Å². The molecule has 3 aromatic rings. The molecular formula is C17H14N4O10S3. The number of nitrogens with two attached hydrogens (primary N) is 1. The summed E-state index contributed by atoms with van der Waals surface area (Å²) in [6.45, 7) is 0. The number of rotatable bonds is 6. The second-order valence-corrected chi connectivity index (χ2v) is 10.8. The average molecular weight is 531 g/mol. The number of azo groups is 1. The van der Waals surface area contributed by atoms with Crippen molar-refractivity contribution in [3.8, 4) is 0 Å². The van der Waals surface area contributed by atoms with Crippen LogP contribution in [0.1, 0.15) is 0 Å². The standard InChI is InChI=1S/C17H14N4O10S3/c18-17(22)19-12-3-1-2-4-13(12)20-21-14-8-11-9(6-16(14)34(29,30)31)5-10(32(23,24)25)7-15(11)33(26,27)28/h1-8H,(H3,18,19,22)(H,23,24,25)(H,26,27,28)(H,29,30,31). The van der Waals surface area contributed by atoms with Gasteiger partial charge in [0, 0.05) is 5.39 Å². The van der Waals surface area contributed by atoms with Crippen molar-refractivity contribution >= 4 is 64.2 Å². The van der Waals surface area contributed by atoms with E-state index in [2.05, 4.69) is 15.5 Å². The van der Waals surface area contributed by atoms with Crippen molar-refractivity contribution in [3.63, 3.8) is 0 Å². The van der Waals surface area contributed by atoms with Crippen molar-refractivity contribution in [2.45, 2.75) is 14.7 Å². The maximum Gasteiger partial charge on any atom is 0.316 e. The number of carbonyl (C=O) groups is 1. The fourth-order valence-electron chi connectivity index (χ4n) is 2.87. The number of fused-ring (bicyclic) bond motifs is 1. The average Bonchev–Trinajstić information content (AvgIpc) is 2.69. The molecule has 0 aliphatic heterocycles. The molecule has 3 rings (SSSR count). The molecule has 2 amide bonds. The van der Waals surface area contributed by atoms with Crippen LogP contribution in [0.15, 0.2) is 73.4 Å². The van der Waals surface area contributed by atoms with Crippen LogP contribution in [0.3, 0.4) is 0 Å². The largest absolute Gasteiger partial charge is 0.351 e. The van der Waals surface area contributed by atoms with Gasteiger partial charge in [0.1, 0.15) is 21.2 Å². The van der Waals surface area contributed by atoms with Gasteiger partial charge in [0.15, 0.2) is 0 Å². The highest BCUT2D eigenvalue weighted by Crippen LogP contribution is 2.36. The van der Waals surface area contributed by atoms with Crippen LogP contribution in [0.4, 0.5) is 21.9 Å². The van der Waals surface area contributed by atoms with Crippen molar-refractivity contribution in [2.24, 2.45) is 16.0 Å². The van der Waals surface area contributed by atoms with E-state index in [1.807, 2.05) is 0 Å². The zero-order chi connectivity index (χ0) is 25.5. The van der Waals surface area contributed by atoms with Crippen molar-refractivity contribution < 1.29 is 43.7 Å². The zero-order valence-corrected chi connectivity index (χ0v) is 19.0. The summed E-state index contributed by atoms with van der Waals surface area (Å²) in [5, 5.41) is 8.95. The Labute approximate surface area is 192 Å². The number of primary amides is 1. The Bertz CT molecular complexity index is 1680. The molecule has 0 saturated carbocycles. The summed E-state index contributed by atoms with van der Waals surface area (Å²) in [6.07, 6.45) is 0. The zero-order valence-electron chi connectivity index (χ0n) is 16.5. The third kappa shape index (κ3) is 5.53. The topological polar surface area (TPSA) is 243 Å². The third-order valence-electron chi connectivity index (χ3n) is 4.25. The van der Waals surface area contributed by atoms with E-state index in [0.717, 1.165) is 12.1 Å². The first-order valence-corrected chi connectivity index (χ1v) is 13.0. The van der Waals surface area contributed by atoms with E-state index in [1.165, 1.54) is 24.3 Å². The summed E-state index contributed by atoms with van der Waals surface area (Å²) in [4.78, 5) is 8.28. The molecule has 0 atom stereocenters. The molecule has 0 spiro atoms. The molecule has 34 heavy (non-hydrogen) atoms. The van der Waals surface area contributed by atoms with Crippen LogP contribution in [-0.2, 0) is 30.4 Å². The summed E-state index contributed by atoms with van der Waals surface area (Å²) >= 11 is 0. The number of benzene rings is 3. The van der Waals surface area contributed by atoms with Gasteiger partial charge in [-0.2, -0.15) is 25.3 Å². The normalized spacial score (nSPS) is 12.8. The summed E-state index contributed by atoms with van der Waals surface area (Å²) in [5.74, 6) is 0. The van der Waals surface area contributed by atoms with E-state index in [1.54, 1.807) is 0 Å². The van der Waals surface area contributed by atoms with Crippen molar-refractivity contribution in [1.82, 2.24) is 0 Å². The predicted octanol–water partition coefficient (Wildman–Crippen LogP) is 2.49. The summed E-state index contributed by atoms with van der Waals surface area (Å²) in [5.41, 5.74) is 4.55. The SMILES string of the molecule is NC(=O)Nc1ccccc1N=Nc1cc2c(S(=O)(=O)O)cc(S(=O)(=O)O)cc2cc1S(=O)(=O)O. The molecule has 3 aromatic carbocycles. The van der Waals surface area contributed by atoms with Gasteiger partial charge in [-0.1, -0.05) is 12.1 Å². The molecule has 0 aromatic heterocycles. The van der Waals surface area contributed by atoms with Crippen molar-refractivity contribution in [2.75, 3.05) is 5.32 Å². The lowest BCUT2D eigenvalue weighted by molar-refractivity contribution is 0.259. The monoisotopic (exact) mass is 530 g/mol. The summed E-state index contributed by atoms with van der Waals surface area (Å²) in [6, 6.07) is 7.51. The molecule has 180 valence electrons. The van der Waals surface area contributed by atoms with E-state index in [9.17, 15) is 43.7 Å². The van der Waals surface area contributed by atoms with Gasteiger partial charge in [-0.05, 0) is 41.8 Å². The lowest BCUT2D eigenvalue weighted by atomic mass is 10.1. The first kappa shape index (κ1) is 25.1. The number of urea groups is 1. The van der Waals surface area contributed by atoms with Crippen LogP contribution in [0.25, 0.3) is 10.8 Å². The van der Waals surface area contributed by atoms with Crippen molar-refractivity contribution in [3.05, 3.63) is 48.5 Å². The van der Waals surface area contributed by atoms with Crippen LogP contribution >= 0.6 is 0 Å². The smallest absolute Gasteiger partial charge is 0.316 e. The molecule has 6 N–H and O–H groups in total. The van der Waals surface area contributed by atoms with Gasteiger partial charge < -0.3 is 11.1 Å². The minimum Gasteiger partial charge on any atom is -0.351 e. The summed E-state index contributed by atoms with van der Waals surface area (Å²) < 4.78 is 99.0. The van der Waals surface area contributed by atoms with Crippen molar-refractivity contribution in [1.29, 1.82) is 0 Å². The molecule has 0 saturated heterocycles. The predicted molar refractivity (Wildman–Crippen MR) is 117 cm³/mol. The van der Waals surface area contributed by atoms with E-state index in [0.29, 0.717) is 12.1 Å². The Morgan fingerprint density at radius 2 is 1.35 bits per heavy atom. The van der Waals surface area contributed by atoms with Gasteiger partial charge in [-0.3, -0.25) is 13.7 Å². The number of hydrogen-bond donors (Lipinski definition) is 5. The second-order valence-electron chi connectivity index (χ2n) is 6.59. The lowest BCUT2D eigenvalue weighted by Gasteiger charge is -2.10. The van der Waals surface area contributed by atoms with E-state index >= 15 is 0 Å². The number of carbonyl (C=O) groups excluding carboxylic acids is 1. The molecule has 0 aliphatic carbocycles.